The average Bonchev–Trinajstić information content (AvgIpc) is 2.69. The van der Waals surface area contributed by atoms with E-state index in [4.69, 9.17) is 4.74 Å². The summed E-state index contributed by atoms with van der Waals surface area (Å²) in [6, 6.07) is 19.6. The highest BCUT2D eigenvalue weighted by Crippen LogP contribution is 2.28. The highest BCUT2D eigenvalue weighted by Gasteiger charge is 2.30. The van der Waals surface area contributed by atoms with E-state index in [0.717, 1.165) is 17.5 Å². The minimum atomic E-state index is -0.385. The number of nitrogens with zero attached hydrogens (tertiary/aromatic N) is 1. The Balaban J connectivity index is 2.37. The van der Waals surface area contributed by atoms with Crippen molar-refractivity contribution in [3.63, 3.8) is 0 Å². The molecule has 0 aliphatic heterocycles. The van der Waals surface area contributed by atoms with E-state index in [1.807, 2.05) is 79.4 Å². The number of carbonyl (C=O) groups excluding carboxylic acids is 2. The van der Waals surface area contributed by atoms with Crippen molar-refractivity contribution in [2.24, 2.45) is 0 Å². The molecule has 0 saturated heterocycles. The van der Waals surface area contributed by atoms with Crippen LogP contribution in [0.5, 0.6) is 0 Å². The van der Waals surface area contributed by atoms with Crippen molar-refractivity contribution in [2.75, 3.05) is 13.7 Å². The number of methoxy groups -OCH3 is 1. The molecule has 1 atom stereocenters. The Morgan fingerprint density at radius 2 is 1.46 bits per heavy atom. The fraction of sp³-hybridized carbons (Fsp3) is 0.364. The maximum Gasteiger partial charge on any atom is 0.307 e. The molecule has 2 rings (SSSR count). The molecular weight excluding hydrogens is 326 g/mol. The lowest BCUT2D eigenvalue weighted by molar-refractivity contribution is -0.142. The Morgan fingerprint density at radius 1 is 0.962 bits per heavy atom. The van der Waals surface area contributed by atoms with Crippen molar-refractivity contribution in [1.29, 1.82) is 0 Å². The number of carbonyl (C=O) groups is 2. The van der Waals surface area contributed by atoms with Crippen LogP contribution >= 0.6 is 0 Å². The second-order valence-electron chi connectivity index (χ2n) is 6.37. The molecule has 0 heterocycles. The van der Waals surface area contributed by atoms with Crippen LogP contribution in [0.4, 0.5) is 0 Å². The predicted octanol–water partition coefficient (Wildman–Crippen LogP) is 4.01. The van der Waals surface area contributed by atoms with Gasteiger partial charge < -0.3 is 9.64 Å². The minimum absolute atomic E-state index is 0.0145. The average molecular weight is 353 g/mol. The first-order valence-electron chi connectivity index (χ1n) is 9.05. The third-order valence-electron chi connectivity index (χ3n) is 4.70. The molecule has 0 saturated carbocycles. The maximum atomic E-state index is 13.5. The van der Waals surface area contributed by atoms with Gasteiger partial charge >= 0.3 is 5.97 Å². The van der Waals surface area contributed by atoms with Gasteiger partial charge in [0.2, 0.25) is 5.91 Å². The second kappa shape index (κ2) is 9.76. The SMILES string of the molecule is CCC(C)N(CCC(=O)OC)C(=O)C(c1ccccc1)c1ccccc1. The van der Waals surface area contributed by atoms with Crippen LogP contribution in [0, 0.1) is 0 Å². The lowest BCUT2D eigenvalue weighted by Crippen LogP contribution is -2.42. The van der Waals surface area contributed by atoms with Crippen LogP contribution < -0.4 is 0 Å². The van der Waals surface area contributed by atoms with Crippen LogP contribution in [0.2, 0.25) is 0 Å². The summed E-state index contributed by atoms with van der Waals surface area (Å²) in [6.07, 6.45) is 1.02. The molecule has 138 valence electrons. The molecule has 0 bridgehead atoms. The second-order valence-corrected chi connectivity index (χ2v) is 6.37. The summed E-state index contributed by atoms with van der Waals surface area (Å²) in [5.74, 6) is -0.674. The summed E-state index contributed by atoms with van der Waals surface area (Å²) in [6.45, 7) is 4.42. The first-order chi connectivity index (χ1) is 12.6. The van der Waals surface area contributed by atoms with E-state index < -0.39 is 0 Å². The molecule has 1 amide bonds. The Bertz CT molecular complexity index is 660. The van der Waals surface area contributed by atoms with Gasteiger partial charge in [-0.15, -0.1) is 0 Å². The monoisotopic (exact) mass is 353 g/mol. The molecule has 0 radical (unpaired) electrons. The van der Waals surface area contributed by atoms with Gasteiger partial charge in [0.15, 0.2) is 0 Å². The molecule has 0 aliphatic carbocycles. The summed E-state index contributed by atoms with van der Waals surface area (Å²) in [5.41, 5.74) is 1.91. The van der Waals surface area contributed by atoms with Crippen LogP contribution in [-0.4, -0.2) is 36.5 Å². The zero-order valence-electron chi connectivity index (χ0n) is 15.7. The lowest BCUT2D eigenvalue weighted by atomic mass is 9.89. The van der Waals surface area contributed by atoms with Gasteiger partial charge in [0.05, 0.1) is 19.4 Å². The zero-order chi connectivity index (χ0) is 18.9. The van der Waals surface area contributed by atoms with Gasteiger partial charge in [-0.25, -0.2) is 0 Å². The van der Waals surface area contributed by atoms with Crippen molar-refractivity contribution in [3.05, 3.63) is 71.8 Å². The van der Waals surface area contributed by atoms with Crippen LogP contribution in [0.1, 0.15) is 43.7 Å². The number of rotatable bonds is 8. The molecule has 0 spiro atoms. The number of hydrogen-bond acceptors (Lipinski definition) is 3. The molecule has 26 heavy (non-hydrogen) atoms. The number of esters is 1. The molecular formula is C22H27NO3. The van der Waals surface area contributed by atoms with Crippen molar-refractivity contribution in [3.8, 4) is 0 Å². The third-order valence-corrected chi connectivity index (χ3v) is 4.70. The molecule has 0 aromatic heterocycles. The minimum Gasteiger partial charge on any atom is -0.469 e. The molecule has 0 aliphatic rings. The molecule has 0 N–H and O–H groups in total. The Morgan fingerprint density at radius 3 is 1.88 bits per heavy atom. The summed E-state index contributed by atoms with van der Waals surface area (Å²) >= 11 is 0. The standard InChI is InChI=1S/C22H27NO3/c1-4-17(2)23(16-15-20(24)26-3)22(25)21(18-11-7-5-8-12-18)19-13-9-6-10-14-19/h5-14,17,21H,4,15-16H2,1-3H3. The summed E-state index contributed by atoms with van der Waals surface area (Å²) in [5, 5.41) is 0. The first-order valence-corrected chi connectivity index (χ1v) is 9.05. The number of hydrogen-bond donors (Lipinski definition) is 0. The van der Waals surface area contributed by atoms with Crippen LogP contribution in [0.15, 0.2) is 60.7 Å². The molecule has 4 nitrogen and oxygen atoms in total. The van der Waals surface area contributed by atoms with Gasteiger partial charge in [-0.05, 0) is 24.5 Å². The quantitative estimate of drug-likeness (QED) is 0.674. The summed E-state index contributed by atoms with van der Waals surface area (Å²) in [7, 11) is 1.37. The molecule has 4 heteroatoms. The predicted molar refractivity (Wildman–Crippen MR) is 103 cm³/mol. The fourth-order valence-corrected chi connectivity index (χ4v) is 3.02. The molecule has 0 fully saturated rings. The third kappa shape index (κ3) is 4.94. The van der Waals surface area contributed by atoms with E-state index >= 15 is 0 Å². The Hall–Kier alpha value is -2.62. The molecule has 2 aromatic rings. The Kier molecular flexibility index (Phi) is 7.39. The van der Waals surface area contributed by atoms with E-state index in [-0.39, 0.29) is 30.3 Å². The van der Waals surface area contributed by atoms with Crippen LogP contribution in [0.25, 0.3) is 0 Å². The van der Waals surface area contributed by atoms with E-state index in [1.165, 1.54) is 7.11 Å². The van der Waals surface area contributed by atoms with E-state index in [2.05, 4.69) is 0 Å². The number of amides is 1. The van der Waals surface area contributed by atoms with Gasteiger partial charge in [-0.1, -0.05) is 67.6 Å². The maximum absolute atomic E-state index is 13.5. The van der Waals surface area contributed by atoms with Crippen molar-refractivity contribution < 1.29 is 14.3 Å². The van der Waals surface area contributed by atoms with Gasteiger partial charge in [0.1, 0.15) is 0 Å². The fourth-order valence-electron chi connectivity index (χ4n) is 3.02. The lowest BCUT2D eigenvalue weighted by Gasteiger charge is -2.32. The first kappa shape index (κ1) is 19.7. The topological polar surface area (TPSA) is 46.6 Å². The normalized spacial score (nSPS) is 11.8. The van der Waals surface area contributed by atoms with Crippen molar-refractivity contribution in [1.82, 2.24) is 4.90 Å². The van der Waals surface area contributed by atoms with Gasteiger partial charge in [0.25, 0.3) is 0 Å². The highest BCUT2D eigenvalue weighted by atomic mass is 16.5. The number of benzene rings is 2. The van der Waals surface area contributed by atoms with E-state index in [9.17, 15) is 9.59 Å². The van der Waals surface area contributed by atoms with Crippen molar-refractivity contribution in [2.45, 2.75) is 38.6 Å². The number of ether oxygens (including phenoxy) is 1. The van der Waals surface area contributed by atoms with Gasteiger partial charge in [-0.3, -0.25) is 9.59 Å². The summed E-state index contributed by atoms with van der Waals surface area (Å²) in [4.78, 5) is 26.9. The highest BCUT2D eigenvalue weighted by molar-refractivity contribution is 5.87. The Labute approximate surface area is 155 Å². The van der Waals surface area contributed by atoms with Crippen LogP contribution in [-0.2, 0) is 14.3 Å². The van der Waals surface area contributed by atoms with Crippen LogP contribution in [0.3, 0.4) is 0 Å². The smallest absolute Gasteiger partial charge is 0.307 e. The molecule has 2 aromatic carbocycles. The van der Waals surface area contributed by atoms with E-state index in [1.54, 1.807) is 0 Å². The largest absolute Gasteiger partial charge is 0.469 e. The van der Waals surface area contributed by atoms with Gasteiger partial charge in [0, 0.05) is 12.6 Å². The molecule has 1 unspecified atom stereocenters. The van der Waals surface area contributed by atoms with Gasteiger partial charge in [-0.2, -0.15) is 0 Å². The van der Waals surface area contributed by atoms with Crippen molar-refractivity contribution >= 4 is 11.9 Å². The zero-order valence-corrected chi connectivity index (χ0v) is 15.7. The summed E-state index contributed by atoms with van der Waals surface area (Å²) < 4.78 is 4.75. The van der Waals surface area contributed by atoms with E-state index in [0.29, 0.717) is 6.54 Å².